The average molecular weight is 298 g/mol. The molecule has 0 spiro atoms. The van der Waals surface area contributed by atoms with Gasteiger partial charge < -0.3 is 5.73 Å². The van der Waals surface area contributed by atoms with Crippen LogP contribution in [0.15, 0.2) is 47.2 Å². The van der Waals surface area contributed by atoms with Gasteiger partial charge in [0.2, 0.25) is 0 Å². The van der Waals surface area contributed by atoms with Gasteiger partial charge in [0.05, 0.1) is 6.04 Å². The third-order valence-corrected chi connectivity index (χ3v) is 3.26. The second kappa shape index (κ2) is 4.95. The Hall–Kier alpha value is -0.900. The van der Waals surface area contributed by atoms with Gasteiger partial charge in [-0.15, -0.1) is 0 Å². The molecule has 2 nitrogen and oxygen atoms in total. The van der Waals surface area contributed by atoms with Crippen LogP contribution >= 0.6 is 27.5 Å². The number of aromatic nitrogens is 1. The Kier molecular flexibility index (Phi) is 3.59. The monoisotopic (exact) mass is 296 g/mol. The van der Waals surface area contributed by atoms with E-state index in [0.717, 1.165) is 15.6 Å². The first-order chi connectivity index (χ1) is 7.68. The predicted octanol–water partition coefficient (Wildman–Crippen LogP) is 3.55. The Morgan fingerprint density at radius 2 is 2.12 bits per heavy atom. The minimum atomic E-state index is -0.194. The molecule has 1 heterocycles. The van der Waals surface area contributed by atoms with Crippen LogP contribution in [0.3, 0.4) is 0 Å². The molecule has 0 aliphatic carbocycles. The Balaban J connectivity index is 2.38. The summed E-state index contributed by atoms with van der Waals surface area (Å²) in [5.74, 6) is 0. The number of hydrogen-bond donors (Lipinski definition) is 1. The number of rotatable bonds is 2. The van der Waals surface area contributed by atoms with Gasteiger partial charge in [0.15, 0.2) is 0 Å². The molecule has 0 aliphatic heterocycles. The van der Waals surface area contributed by atoms with Gasteiger partial charge in [0.1, 0.15) is 0 Å². The van der Waals surface area contributed by atoms with Crippen molar-refractivity contribution in [1.29, 1.82) is 0 Å². The van der Waals surface area contributed by atoms with Crippen molar-refractivity contribution in [2.24, 2.45) is 5.73 Å². The number of nitrogens with two attached hydrogens (primary N) is 1. The van der Waals surface area contributed by atoms with Crippen molar-refractivity contribution in [3.8, 4) is 0 Å². The first-order valence-corrected chi connectivity index (χ1v) is 5.96. The molecule has 82 valence electrons. The van der Waals surface area contributed by atoms with Gasteiger partial charge in [-0.25, -0.2) is 0 Å². The largest absolute Gasteiger partial charge is 0.320 e. The topological polar surface area (TPSA) is 38.9 Å². The van der Waals surface area contributed by atoms with E-state index in [9.17, 15) is 0 Å². The van der Waals surface area contributed by atoms with Gasteiger partial charge in [0, 0.05) is 21.9 Å². The smallest absolute Gasteiger partial charge is 0.0578 e. The lowest BCUT2D eigenvalue weighted by Gasteiger charge is -2.13. The zero-order valence-corrected chi connectivity index (χ0v) is 10.7. The highest BCUT2D eigenvalue weighted by atomic mass is 79.9. The minimum absolute atomic E-state index is 0.194. The van der Waals surface area contributed by atoms with Crippen LogP contribution in [0, 0.1) is 0 Å². The fourth-order valence-electron chi connectivity index (χ4n) is 1.49. The lowest BCUT2D eigenvalue weighted by molar-refractivity contribution is 0.858. The van der Waals surface area contributed by atoms with Crippen LogP contribution in [0.25, 0.3) is 0 Å². The number of nitrogens with zero attached hydrogens (tertiary/aromatic N) is 1. The van der Waals surface area contributed by atoms with E-state index in [4.69, 9.17) is 17.3 Å². The number of benzene rings is 1. The molecule has 0 fully saturated rings. The van der Waals surface area contributed by atoms with E-state index in [1.54, 1.807) is 12.4 Å². The van der Waals surface area contributed by atoms with Crippen molar-refractivity contribution in [2.75, 3.05) is 0 Å². The molecule has 16 heavy (non-hydrogen) atoms. The number of hydrogen-bond acceptors (Lipinski definition) is 2. The van der Waals surface area contributed by atoms with E-state index in [0.29, 0.717) is 5.02 Å². The second-order valence-electron chi connectivity index (χ2n) is 3.43. The zero-order chi connectivity index (χ0) is 11.5. The standard InChI is InChI=1S/C12H10BrClN2/c13-11-6-9(14)3-4-10(11)12(15)8-2-1-5-16-7-8/h1-7,12H,15H2. The van der Waals surface area contributed by atoms with Gasteiger partial charge >= 0.3 is 0 Å². The van der Waals surface area contributed by atoms with E-state index >= 15 is 0 Å². The summed E-state index contributed by atoms with van der Waals surface area (Å²) in [6, 6.07) is 9.23. The molecule has 4 heteroatoms. The quantitative estimate of drug-likeness (QED) is 0.921. The van der Waals surface area contributed by atoms with Crippen LogP contribution < -0.4 is 5.73 Å². The molecule has 2 rings (SSSR count). The number of pyridine rings is 1. The Morgan fingerprint density at radius 1 is 1.31 bits per heavy atom. The van der Waals surface area contributed by atoms with Crippen LogP contribution in [0.1, 0.15) is 17.2 Å². The Bertz CT molecular complexity index is 488. The zero-order valence-electron chi connectivity index (χ0n) is 8.40. The maximum atomic E-state index is 6.15. The van der Waals surface area contributed by atoms with Crippen molar-refractivity contribution >= 4 is 27.5 Å². The van der Waals surface area contributed by atoms with Crippen molar-refractivity contribution in [3.05, 3.63) is 63.3 Å². The SMILES string of the molecule is NC(c1cccnc1)c1ccc(Cl)cc1Br. The van der Waals surface area contributed by atoms with Crippen LogP contribution in [0.4, 0.5) is 0 Å². The molecule has 0 saturated carbocycles. The van der Waals surface area contributed by atoms with Crippen LogP contribution in [-0.4, -0.2) is 4.98 Å². The van der Waals surface area contributed by atoms with E-state index in [1.165, 1.54) is 0 Å². The molecule has 1 atom stereocenters. The van der Waals surface area contributed by atoms with Gasteiger partial charge in [-0.1, -0.05) is 39.7 Å². The molecule has 0 bridgehead atoms. The molecule has 1 aromatic heterocycles. The molecule has 2 aromatic rings. The summed E-state index contributed by atoms with van der Waals surface area (Å²) in [7, 11) is 0. The minimum Gasteiger partial charge on any atom is -0.320 e. The average Bonchev–Trinajstić information content (AvgIpc) is 2.29. The fourth-order valence-corrected chi connectivity index (χ4v) is 2.42. The molecule has 1 unspecified atom stereocenters. The van der Waals surface area contributed by atoms with Crippen molar-refractivity contribution in [1.82, 2.24) is 4.98 Å². The Morgan fingerprint density at radius 3 is 2.75 bits per heavy atom. The van der Waals surface area contributed by atoms with Crippen molar-refractivity contribution < 1.29 is 0 Å². The summed E-state index contributed by atoms with van der Waals surface area (Å²) in [5, 5.41) is 0.689. The van der Waals surface area contributed by atoms with Gasteiger partial charge in [-0.2, -0.15) is 0 Å². The molecule has 0 aliphatic rings. The van der Waals surface area contributed by atoms with Gasteiger partial charge in [-0.3, -0.25) is 4.98 Å². The van der Waals surface area contributed by atoms with Crippen LogP contribution in [0.2, 0.25) is 5.02 Å². The first kappa shape index (κ1) is 11.6. The summed E-state index contributed by atoms with van der Waals surface area (Å²) in [4.78, 5) is 4.06. The maximum Gasteiger partial charge on any atom is 0.0578 e. The maximum absolute atomic E-state index is 6.15. The van der Waals surface area contributed by atoms with Crippen molar-refractivity contribution in [2.45, 2.75) is 6.04 Å². The predicted molar refractivity (Wildman–Crippen MR) is 69.4 cm³/mol. The Labute approximate surface area is 108 Å². The molecule has 0 saturated heterocycles. The molecule has 0 amide bonds. The summed E-state index contributed by atoms with van der Waals surface area (Å²) in [6.07, 6.45) is 3.50. The van der Waals surface area contributed by atoms with Gasteiger partial charge in [-0.05, 0) is 29.3 Å². The fraction of sp³-hybridized carbons (Fsp3) is 0.0833. The normalized spacial score (nSPS) is 12.4. The van der Waals surface area contributed by atoms with E-state index < -0.39 is 0 Å². The molecule has 2 N–H and O–H groups in total. The van der Waals surface area contributed by atoms with E-state index in [2.05, 4.69) is 20.9 Å². The third-order valence-electron chi connectivity index (χ3n) is 2.34. The number of halogens is 2. The van der Waals surface area contributed by atoms with E-state index in [-0.39, 0.29) is 6.04 Å². The highest BCUT2D eigenvalue weighted by Crippen LogP contribution is 2.28. The first-order valence-electron chi connectivity index (χ1n) is 4.79. The summed E-state index contributed by atoms with van der Waals surface area (Å²) in [6.45, 7) is 0. The summed E-state index contributed by atoms with van der Waals surface area (Å²) < 4.78 is 0.913. The highest BCUT2D eigenvalue weighted by molar-refractivity contribution is 9.10. The second-order valence-corrected chi connectivity index (χ2v) is 4.72. The molecule has 1 aromatic carbocycles. The highest BCUT2D eigenvalue weighted by Gasteiger charge is 2.12. The molecule has 0 radical (unpaired) electrons. The third kappa shape index (κ3) is 2.43. The molecular weight excluding hydrogens is 288 g/mol. The van der Waals surface area contributed by atoms with Crippen molar-refractivity contribution in [3.63, 3.8) is 0 Å². The van der Waals surface area contributed by atoms with Crippen LogP contribution in [-0.2, 0) is 0 Å². The van der Waals surface area contributed by atoms with Crippen LogP contribution in [0.5, 0.6) is 0 Å². The summed E-state index contributed by atoms with van der Waals surface area (Å²) in [5.41, 5.74) is 8.13. The molecular formula is C12H10BrClN2. The lowest BCUT2D eigenvalue weighted by Crippen LogP contribution is -2.12. The van der Waals surface area contributed by atoms with Gasteiger partial charge in [0.25, 0.3) is 0 Å². The summed E-state index contributed by atoms with van der Waals surface area (Å²) >= 11 is 9.34. The lowest BCUT2D eigenvalue weighted by atomic mass is 10.0. The van der Waals surface area contributed by atoms with E-state index in [1.807, 2.05) is 30.3 Å².